The summed E-state index contributed by atoms with van der Waals surface area (Å²) in [4.78, 5) is 13.0. The molecule has 0 fully saturated rings. The molecule has 0 saturated heterocycles. The van der Waals surface area contributed by atoms with Crippen molar-refractivity contribution >= 4 is 14.7 Å². The first-order valence-electron chi connectivity index (χ1n) is 8.13. The Morgan fingerprint density at radius 3 is 2.61 bits per heavy atom. The van der Waals surface area contributed by atoms with Crippen molar-refractivity contribution in [3.8, 4) is 0 Å². The lowest BCUT2D eigenvalue weighted by Crippen LogP contribution is -2.44. The summed E-state index contributed by atoms with van der Waals surface area (Å²) in [5, 5.41) is 11.0. The van der Waals surface area contributed by atoms with Crippen LogP contribution in [0.3, 0.4) is 0 Å². The highest BCUT2D eigenvalue weighted by Gasteiger charge is 2.29. The smallest absolute Gasteiger partial charge is 0.269 e. The van der Waals surface area contributed by atoms with E-state index in [1.54, 1.807) is 12.1 Å². The number of non-ortho nitro benzene ring substituents is 1. The first-order valence-corrected chi connectivity index (χ1v) is 10.5. The number of fused-ring (bicyclic) bond motifs is 1. The van der Waals surface area contributed by atoms with Gasteiger partial charge in [-0.05, 0) is 42.5 Å². The highest BCUT2D eigenvalue weighted by atomic mass is 28.3. The van der Waals surface area contributed by atoms with Crippen molar-refractivity contribution in [3.63, 3.8) is 0 Å². The molecule has 6 heteroatoms. The minimum Gasteiger partial charge on any atom is -0.402 e. The van der Waals surface area contributed by atoms with Crippen molar-refractivity contribution in [1.29, 1.82) is 0 Å². The zero-order valence-electron chi connectivity index (χ0n) is 14.8. The number of rotatable bonds is 5. The first kappa shape index (κ1) is 18.1. The van der Waals surface area contributed by atoms with Crippen LogP contribution in [-0.4, -0.2) is 31.6 Å². The molecule has 5 nitrogen and oxygen atoms in total. The monoisotopic (exact) mass is 335 g/mol. The molecule has 0 saturated carbocycles. The molecule has 0 aromatic heterocycles. The fourth-order valence-electron chi connectivity index (χ4n) is 2.97. The lowest BCUT2D eigenvalue weighted by Gasteiger charge is -2.39. The maximum absolute atomic E-state index is 11.0. The molecule has 1 atom stereocenters. The molecule has 1 unspecified atom stereocenters. The van der Waals surface area contributed by atoms with Crippen molar-refractivity contribution in [1.82, 2.24) is 4.90 Å². The standard InChI is InChI=1S/C17H27N2O3Si/c1-17(2,3)11-16(22-23(4)5)18-9-8-13-6-7-15(19(20)21)10-14(13)12-18/h6-7,10,16H,8-9,11-12H2,1-5H3. The Morgan fingerprint density at radius 2 is 2.04 bits per heavy atom. The van der Waals surface area contributed by atoms with Gasteiger partial charge in [0.05, 0.1) is 11.2 Å². The average molecular weight is 336 g/mol. The number of nitrogens with zero attached hydrogens (tertiary/aromatic N) is 2. The molecule has 1 aromatic carbocycles. The summed E-state index contributed by atoms with van der Waals surface area (Å²) in [6.45, 7) is 12.7. The van der Waals surface area contributed by atoms with Crippen LogP contribution >= 0.6 is 0 Å². The Labute approximate surface area is 140 Å². The highest BCUT2D eigenvalue weighted by Crippen LogP contribution is 2.30. The zero-order chi connectivity index (χ0) is 17.2. The van der Waals surface area contributed by atoms with Crippen LogP contribution < -0.4 is 0 Å². The van der Waals surface area contributed by atoms with E-state index in [9.17, 15) is 10.1 Å². The lowest BCUT2D eigenvalue weighted by molar-refractivity contribution is -0.385. The topological polar surface area (TPSA) is 55.6 Å². The summed E-state index contributed by atoms with van der Waals surface area (Å²) in [6, 6.07) is 5.23. The van der Waals surface area contributed by atoms with Gasteiger partial charge in [0.15, 0.2) is 0 Å². The van der Waals surface area contributed by atoms with Crippen LogP contribution in [0.5, 0.6) is 0 Å². The van der Waals surface area contributed by atoms with Gasteiger partial charge in [-0.3, -0.25) is 15.0 Å². The largest absolute Gasteiger partial charge is 0.402 e. The third-order valence-electron chi connectivity index (χ3n) is 4.01. The van der Waals surface area contributed by atoms with Gasteiger partial charge in [-0.15, -0.1) is 0 Å². The molecule has 127 valence electrons. The van der Waals surface area contributed by atoms with Crippen LogP contribution in [0.25, 0.3) is 0 Å². The summed E-state index contributed by atoms with van der Waals surface area (Å²) >= 11 is 0. The summed E-state index contributed by atoms with van der Waals surface area (Å²) in [5.41, 5.74) is 2.65. The third-order valence-corrected chi connectivity index (χ3v) is 4.75. The van der Waals surface area contributed by atoms with E-state index in [4.69, 9.17) is 4.43 Å². The SMILES string of the molecule is C[Si](C)OC(CC(C)(C)C)N1CCc2ccc([N+](=O)[O-])cc2C1. The minimum atomic E-state index is -0.801. The van der Waals surface area contributed by atoms with Gasteiger partial charge in [0, 0.05) is 25.2 Å². The first-order chi connectivity index (χ1) is 10.7. The molecule has 1 aromatic rings. The Bertz CT molecular complexity index is 569. The summed E-state index contributed by atoms with van der Waals surface area (Å²) in [5.74, 6) is 0. The minimum absolute atomic E-state index is 0.0892. The molecule has 1 radical (unpaired) electrons. The molecule has 2 rings (SSSR count). The van der Waals surface area contributed by atoms with Gasteiger partial charge >= 0.3 is 0 Å². The van der Waals surface area contributed by atoms with E-state index in [1.807, 2.05) is 6.07 Å². The fraction of sp³-hybridized carbons (Fsp3) is 0.647. The van der Waals surface area contributed by atoms with Crippen LogP contribution in [0.15, 0.2) is 18.2 Å². The molecule has 1 aliphatic rings. The molecule has 1 heterocycles. The molecule has 0 spiro atoms. The lowest BCUT2D eigenvalue weighted by atomic mass is 9.90. The Kier molecular flexibility index (Phi) is 5.60. The van der Waals surface area contributed by atoms with E-state index in [2.05, 4.69) is 38.8 Å². The van der Waals surface area contributed by atoms with Gasteiger partial charge in [0.2, 0.25) is 9.04 Å². The number of benzene rings is 1. The van der Waals surface area contributed by atoms with Gasteiger partial charge in [0.25, 0.3) is 5.69 Å². The maximum Gasteiger partial charge on any atom is 0.269 e. The second-order valence-corrected chi connectivity index (χ2v) is 9.73. The van der Waals surface area contributed by atoms with Crippen LogP contribution in [0, 0.1) is 15.5 Å². The summed E-state index contributed by atoms with van der Waals surface area (Å²) < 4.78 is 6.25. The molecule has 0 bridgehead atoms. The molecule has 0 amide bonds. The van der Waals surface area contributed by atoms with Gasteiger partial charge in [-0.1, -0.05) is 26.8 Å². The van der Waals surface area contributed by atoms with Crippen molar-refractivity contribution in [2.24, 2.45) is 5.41 Å². The Morgan fingerprint density at radius 1 is 1.35 bits per heavy atom. The molecule has 0 aliphatic carbocycles. The fourth-order valence-corrected chi connectivity index (χ4v) is 3.74. The van der Waals surface area contributed by atoms with Crippen molar-refractivity contribution in [2.45, 2.75) is 59.5 Å². The third kappa shape index (κ3) is 5.12. The van der Waals surface area contributed by atoms with Crippen LogP contribution in [0.2, 0.25) is 13.1 Å². The summed E-state index contributed by atoms with van der Waals surface area (Å²) in [7, 11) is -0.801. The number of nitro benzene ring substituents is 1. The van der Waals surface area contributed by atoms with Crippen LogP contribution in [0.4, 0.5) is 5.69 Å². The van der Waals surface area contributed by atoms with E-state index < -0.39 is 9.04 Å². The van der Waals surface area contributed by atoms with Gasteiger partial charge in [-0.2, -0.15) is 0 Å². The van der Waals surface area contributed by atoms with E-state index in [0.717, 1.165) is 31.5 Å². The second-order valence-electron chi connectivity index (χ2n) is 7.68. The van der Waals surface area contributed by atoms with Crippen molar-refractivity contribution in [2.75, 3.05) is 6.54 Å². The predicted octanol–water partition coefficient (Wildman–Crippen LogP) is 3.98. The Hall–Kier alpha value is -1.24. The van der Waals surface area contributed by atoms with Gasteiger partial charge < -0.3 is 4.43 Å². The zero-order valence-corrected chi connectivity index (χ0v) is 15.8. The Balaban J connectivity index is 2.19. The molecule has 23 heavy (non-hydrogen) atoms. The maximum atomic E-state index is 11.0. The van der Waals surface area contributed by atoms with Gasteiger partial charge in [0.1, 0.15) is 0 Å². The van der Waals surface area contributed by atoms with E-state index in [1.165, 1.54) is 5.56 Å². The normalized spacial score (nSPS) is 17.1. The number of hydrogen-bond acceptors (Lipinski definition) is 4. The molecule has 1 aliphatic heterocycles. The number of hydrogen-bond donors (Lipinski definition) is 0. The second kappa shape index (κ2) is 7.11. The number of nitro groups is 1. The summed E-state index contributed by atoms with van der Waals surface area (Å²) in [6.07, 6.45) is 1.98. The highest BCUT2D eigenvalue weighted by molar-refractivity contribution is 6.48. The van der Waals surface area contributed by atoms with Crippen LogP contribution in [-0.2, 0) is 17.4 Å². The van der Waals surface area contributed by atoms with Crippen molar-refractivity contribution < 1.29 is 9.35 Å². The van der Waals surface area contributed by atoms with Crippen molar-refractivity contribution in [3.05, 3.63) is 39.4 Å². The van der Waals surface area contributed by atoms with Gasteiger partial charge in [-0.25, -0.2) is 0 Å². The molecular formula is C17H27N2O3Si. The molecular weight excluding hydrogens is 308 g/mol. The predicted molar refractivity (Wildman–Crippen MR) is 93.6 cm³/mol. The van der Waals surface area contributed by atoms with Crippen LogP contribution in [0.1, 0.15) is 38.3 Å². The quantitative estimate of drug-likeness (QED) is 0.464. The van der Waals surface area contributed by atoms with E-state index >= 15 is 0 Å². The van der Waals surface area contributed by atoms with E-state index in [0.29, 0.717) is 0 Å². The average Bonchev–Trinajstić information content (AvgIpc) is 2.43. The molecule has 0 N–H and O–H groups in total. The van der Waals surface area contributed by atoms with E-state index in [-0.39, 0.29) is 22.3 Å².